The molecule has 1 atom stereocenters. The molecular weight excluding hydrogens is 422 g/mol. The van der Waals surface area contributed by atoms with Crippen molar-refractivity contribution in [3.63, 3.8) is 0 Å². The lowest BCUT2D eigenvalue weighted by atomic mass is 10.0. The lowest BCUT2D eigenvalue weighted by Crippen LogP contribution is -2.41. The number of pyridine rings is 1. The summed E-state index contributed by atoms with van der Waals surface area (Å²) < 4.78 is 5.25. The normalized spacial score (nSPS) is 11.3. The SMILES string of the molecule is C=CC(=O)N(c1ccc(SC)cc1)C(C(=O)Nc1ccc(OC)cc1C)c1cccnc1. The van der Waals surface area contributed by atoms with Gasteiger partial charge in [-0.05, 0) is 73.3 Å². The molecule has 2 amide bonds. The van der Waals surface area contributed by atoms with E-state index in [1.165, 1.54) is 11.0 Å². The van der Waals surface area contributed by atoms with E-state index in [2.05, 4.69) is 16.9 Å². The predicted octanol–water partition coefficient (Wildman–Crippen LogP) is 5.02. The molecule has 0 aliphatic carbocycles. The van der Waals surface area contributed by atoms with Gasteiger partial charge in [0.25, 0.3) is 11.8 Å². The molecule has 6 nitrogen and oxygen atoms in total. The van der Waals surface area contributed by atoms with Crippen LogP contribution >= 0.6 is 11.8 Å². The molecule has 0 fully saturated rings. The van der Waals surface area contributed by atoms with Crippen LogP contribution < -0.4 is 15.0 Å². The molecule has 0 bridgehead atoms. The van der Waals surface area contributed by atoms with E-state index in [-0.39, 0.29) is 5.91 Å². The maximum atomic E-state index is 13.6. The Labute approximate surface area is 192 Å². The third-order valence-electron chi connectivity index (χ3n) is 4.96. The quantitative estimate of drug-likeness (QED) is 0.388. The number of nitrogens with one attached hydrogen (secondary N) is 1. The minimum atomic E-state index is -0.948. The second-order valence-corrected chi connectivity index (χ2v) is 7.85. The number of benzene rings is 2. The number of hydrogen-bond donors (Lipinski definition) is 1. The molecule has 3 aromatic rings. The Morgan fingerprint density at radius 1 is 1.19 bits per heavy atom. The van der Waals surface area contributed by atoms with Crippen molar-refractivity contribution in [3.05, 3.63) is 90.8 Å². The van der Waals surface area contributed by atoms with Gasteiger partial charge in [0, 0.05) is 34.2 Å². The highest BCUT2D eigenvalue weighted by Crippen LogP contribution is 2.31. The summed E-state index contributed by atoms with van der Waals surface area (Å²) in [7, 11) is 1.59. The number of thioether (sulfide) groups is 1. The van der Waals surface area contributed by atoms with Crippen LogP contribution in [0.1, 0.15) is 17.2 Å². The lowest BCUT2D eigenvalue weighted by Gasteiger charge is -2.30. The second-order valence-electron chi connectivity index (χ2n) is 6.97. The Balaban J connectivity index is 2.05. The topological polar surface area (TPSA) is 71.5 Å². The average molecular weight is 448 g/mol. The summed E-state index contributed by atoms with van der Waals surface area (Å²) in [5.41, 5.74) is 2.64. The molecule has 0 saturated heterocycles. The van der Waals surface area contributed by atoms with Crippen molar-refractivity contribution in [2.45, 2.75) is 17.9 Å². The summed E-state index contributed by atoms with van der Waals surface area (Å²) >= 11 is 1.60. The van der Waals surface area contributed by atoms with Crippen LogP contribution in [0.3, 0.4) is 0 Å². The van der Waals surface area contributed by atoms with Crippen LogP contribution in [0.2, 0.25) is 0 Å². The minimum Gasteiger partial charge on any atom is -0.497 e. The zero-order valence-corrected chi connectivity index (χ0v) is 19.1. The maximum absolute atomic E-state index is 13.6. The average Bonchev–Trinajstić information content (AvgIpc) is 2.83. The first-order chi connectivity index (χ1) is 15.5. The van der Waals surface area contributed by atoms with Crippen molar-refractivity contribution < 1.29 is 14.3 Å². The molecule has 0 aliphatic heterocycles. The van der Waals surface area contributed by atoms with Gasteiger partial charge in [0.2, 0.25) is 0 Å². The third-order valence-corrected chi connectivity index (χ3v) is 5.70. The number of methoxy groups -OCH3 is 1. The van der Waals surface area contributed by atoms with Gasteiger partial charge in [0.1, 0.15) is 11.8 Å². The summed E-state index contributed by atoms with van der Waals surface area (Å²) in [5, 5.41) is 2.96. The van der Waals surface area contributed by atoms with Gasteiger partial charge in [-0.3, -0.25) is 19.5 Å². The van der Waals surface area contributed by atoms with Crippen LogP contribution in [-0.4, -0.2) is 30.2 Å². The van der Waals surface area contributed by atoms with E-state index in [4.69, 9.17) is 4.74 Å². The summed E-state index contributed by atoms with van der Waals surface area (Å²) in [5.74, 6) is -0.0607. The molecule has 0 aliphatic rings. The molecule has 0 saturated carbocycles. The van der Waals surface area contributed by atoms with Gasteiger partial charge in [0.15, 0.2) is 0 Å². The molecule has 0 radical (unpaired) electrons. The second kappa shape index (κ2) is 10.6. The number of anilines is 2. The number of amides is 2. The Morgan fingerprint density at radius 3 is 2.50 bits per heavy atom. The predicted molar refractivity (Wildman–Crippen MR) is 129 cm³/mol. The standard InChI is InChI=1S/C25H25N3O3S/c1-5-23(29)28(19-8-11-21(32-4)12-9-19)24(18-7-6-14-26-16-18)25(30)27-22-13-10-20(31-3)15-17(22)2/h5-16,24H,1H2,2-4H3,(H,27,30). The van der Waals surface area contributed by atoms with Gasteiger partial charge in [-0.15, -0.1) is 11.8 Å². The zero-order chi connectivity index (χ0) is 23.1. The van der Waals surface area contributed by atoms with Gasteiger partial charge in [-0.2, -0.15) is 0 Å². The molecule has 164 valence electrons. The maximum Gasteiger partial charge on any atom is 0.252 e. The van der Waals surface area contributed by atoms with Crippen molar-refractivity contribution in [1.82, 2.24) is 4.98 Å². The van der Waals surface area contributed by atoms with Crippen LogP contribution in [0.4, 0.5) is 11.4 Å². The molecule has 1 aromatic heterocycles. The van der Waals surface area contributed by atoms with Crippen molar-refractivity contribution in [1.29, 1.82) is 0 Å². The summed E-state index contributed by atoms with van der Waals surface area (Å²) in [6, 6.07) is 15.4. The first-order valence-corrected chi connectivity index (χ1v) is 11.2. The van der Waals surface area contributed by atoms with E-state index >= 15 is 0 Å². The van der Waals surface area contributed by atoms with Crippen molar-refractivity contribution in [2.75, 3.05) is 23.6 Å². The van der Waals surface area contributed by atoms with E-state index in [0.29, 0.717) is 22.7 Å². The fraction of sp³-hybridized carbons (Fsp3) is 0.160. The molecule has 2 aromatic carbocycles. The van der Waals surface area contributed by atoms with E-state index < -0.39 is 11.9 Å². The zero-order valence-electron chi connectivity index (χ0n) is 18.2. The highest BCUT2D eigenvalue weighted by Gasteiger charge is 2.32. The van der Waals surface area contributed by atoms with E-state index in [9.17, 15) is 9.59 Å². The number of nitrogens with zero attached hydrogens (tertiary/aromatic N) is 2. The van der Waals surface area contributed by atoms with Gasteiger partial charge in [-0.1, -0.05) is 12.6 Å². The number of aromatic nitrogens is 1. The molecular formula is C25H25N3O3S. The van der Waals surface area contributed by atoms with Gasteiger partial charge in [0.05, 0.1) is 7.11 Å². The monoisotopic (exact) mass is 447 g/mol. The van der Waals surface area contributed by atoms with Crippen LogP contribution in [0.5, 0.6) is 5.75 Å². The Bertz CT molecular complexity index is 1100. The van der Waals surface area contributed by atoms with E-state index in [1.54, 1.807) is 55.5 Å². The molecule has 1 heterocycles. The molecule has 32 heavy (non-hydrogen) atoms. The van der Waals surface area contributed by atoms with Crippen LogP contribution in [0.25, 0.3) is 0 Å². The smallest absolute Gasteiger partial charge is 0.252 e. The largest absolute Gasteiger partial charge is 0.497 e. The Hall–Kier alpha value is -3.58. The van der Waals surface area contributed by atoms with Crippen LogP contribution in [-0.2, 0) is 9.59 Å². The fourth-order valence-corrected chi connectivity index (χ4v) is 3.71. The van der Waals surface area contributed by atoms with Gasteiger partial charge in [-0.25, -0.2) is 0 Å². The molecule has 3 rings (SSSR count). The third kappa shape index (κ3) is 5.18. The number of rotatable bonds is 8. The highest BCUT2D eigenvalue weighted by atomic mass is 32.2. The van der Waals surface area contributed by atoms with Crippen molar-refractivity contribution >= 4 is 35.0 Å². The minimum absolute atomic E-state index is 0.365. The number of ether oxygens (including phenoxy) is 1. The summed E-state index contributed by atoms with van der Waals surface area (Å²) in [6.07, 6.45) is 6.40. The number of aryl methyl sites for hydroxylation is 1. The van der Waals surface area contributed by atoms with E-state index in [0.717, 1.165) is 10.5 Å². The summed E-state index contributed by atoms with van der Waals surface area (Å²) in [4.78, 5) is 33.2. The summed E-state index contributed by atoms with van der Waals surface area (Å²) in [6.45, 7) is 5.52. The first kappa shape index (κ1) is 23.1. The molecule has 1 unspecified atom stereocenters. The number of carbonyl (C=O) groups excluding carboxylic acids is 2. The lowest BCUT2D eigenvalue weighted by molar-refractivity contribution is -0.121. The Morgan fingerprint density at radius 2 is 1.94 bits per heavy atom. The molecule has 0 spiro atoms. The fourth-order valence-electron chi connectivity index (χ4n) is 3.30. The first-order valence-electron chi connectivity index (χ1n) is 9.93. The number of hydrogen-bond acceptors (Lipinski definition) is 5. The molecule has 7 heteroatoms. The van der Waals surface area contributed by atoms with Crippen molar-refractivity contribution in [2.24, 2.45) is 0 Å². The van der Waals surface area contributed by atoms with Crippen molar-refractivity contribution in [3.8, 4) is 5.75 Å². The van der Waals surface area contributed by atoms with Crippen LogP contribution in [0.15, 0.2) is 84.5 Å². The Kier molecular flexibility index (Phi) is 7.68. The van der Waals surface area contributed by atoms with E-state index in [1.807, 2.05) is 43.5 Å². The number of carbonyl (C=O) groups is 2. The highest BCUT2D eigenvalue weighted by molar-refractivity contribution is 7.98. The van der Waals surface area contributed by atoms with Crippen LogP contribution in [0, 0.1) is 6.92 Å². The van der Waals surface area contributed by atoms with Gasteiger partial charge < -0.3 is 10.1 Å². The van der Waals surface area contributed by atoms with Gasteiger partial charge >= 0.3 is 0 Å². The molecule has 1 N–H and O–H groups in total.